The highest BCUT2D eigenvalue weighted by molar-refractivity contribution is 7.84. The van der Waals surface area contributed by atoms with Gasteiger partial charge in [-0.05, 0) is 30.7 Å². The molecule has 0 saturated carbocycles. The van der Waals surface area contributed by atoms with Crippen molar-refractivity contribution < 1.29 is 18.8 Å². The molecule has 1 N–H and O–H groups in total. The van der Waals surface area contributed by atoms with E-state index in [-0.39, 0.29) is 6.61 Å². The predicted molar refractivity (Wildman–Crippen MR) is 86.7 cm³/mol. The van der Waals surface area contributed by atoms with Gasteiger partial charge in [-0.15, -0.1) is 0 Å². The van der Waals surface area contributed by atoms with Crippen molar-refractivity contribution >= 4 is 10.8 Å². The monoisotopic (exact) mass is 320 g/mol. The molecule has 2 rings (SSSR count). The van der Waals surface area contributed by atoms with Crippen LogP contribution in [0.1, 0.15) is 12.5 Å². The zero-order chi connectivity index (χ0) is 15.9. The molecule has 2 aromatic carbocycles. The van der Waals surface area contributed by atoms with Crippen molar-refractivity contribution in [1.29, 1.82) is 0 Å². The maximum atomic E-state index is 11.9. The van der Waals surface area contributed by atoms with Crippen molar-refractivity contribution in [1.82, 2.24) is 0 Å². The lowest BCUT2D eigenvalue weighted by Crippen LogP contribution is -2.13. The maximum absolute atomic E-state index is 11.9. The number of ether oxygens (including phenoxy) is 2. The van der Waals surface area contributed by atoms with E-state index in [1.807, 2.05) is 30.3 Å². The second-order valence-electron chi connectivity index (χ2n) is 5.00. The van der Waals surface area contributed by atoms with Gasteiger partial charge in [0.05, 0.1) is 21.8 Å². The molecule has 0 aliphatic rings. The molecular weight excluding hydrogens is 300 g/mol. The number of aliphatic hydroxyl groups excluding tert-OH is 1. The summed E-state index contributed by atoms with van der Waals surface area (Å²) in [5.74, 6) is 1.15. The van der Waals surface area contributed by atoms with Gasteiger partial charge in [0.2, 0.25) is 0 Å². The fourth-order valence-corrected chi connectivity index (χ4v) is 2.57. The highest BCUT2D eigenvalue weighted by Crippen LogP contribution is 2.27. The molecule has 0 radical (unpaired) electrons. The van der Waals surface area contributed by atoms with Crippen molar-refractivity contribution in [2.75, 3.05) is 12.9 Å². The van der Waals surface area contributed by atoms with Gasteiger partial charge in [0.1, 0.15) is 24.7 Å². The average molecular weight is 320 g/mol. The van der Waals surface area contributed by atoms with Crippen LogP contribution in [0.2, 0.25) is 0 Å². The van der Waals surface area contributed by atoms with E-state index >= 15 is 0 Å². The van der Waals surface area contributed by atoms with Crippen molar-refractivity contribution in [3.05, 3.63) is 54.1 Å². The van der Waals surface area contributed by atoms with E-state index in [2.05, 4.69) is 0 Å². The topological polar surface area (TPSA) is 55.8 Å². The molecule has 5 heteroatoms. The molecule has 118 valence electrons. The minimum atomic E-state index is -1.19. The van der Waals surface area contributed by atoms with Crippen LogP contribution in [-0.2, 0) is 17.4 Å². The van der Waals surface area contributed by atoms with Crippen LogP contribution >= 0.6 is 0 Å². The predicted octanol–water partition coefficient (Wildman–Crippen LogP) is 2.76. The number of aliphatic hydroxyl groups is 1. The highest BCUT2D eigenvalue weighted by atomic mass is 32.2. The molecule has 0 bridgehead atoms. The molecular formula is C17H20O4S. The summed E-state index contributed by atoms with van der Waals surface area (Å²) in [7, 11) is -1.19. The molecule has 2 aromatic rings. The van der Waals surface area contributed by atoms with Crippen LogP contribution < -0.4 is 9.47 Å². The molecule has 22 heavy (non-hydrogen) atoms. The summed E-state index contributed by atoms with van der Waals surface area (Å²) in [4.78, 5) is 0.582. The molecule has 0 heterocycles. The van der Waals surface area contributed by atoms with E-state index in [9.17, 15) is 9.32 Å². The highest BCUT2D eigenvalue weighted by Gasteiger charge is 2.10. The van der Waals surface area contributed by atoms with E-state index in [0.717, 1.165) is 5.56 Å². The third-order valence-corrected chi connectivity index (χ3v) is 3.89. The van der Waals surface area contributed by atoms with E-state index in [1.165, 1.54) is 0 Å². The normalized spacial score (nSPS) is 13.4. The van der Waals surface area contributed by atoms with Gasteiger partial charge in [-0.2, -0.15) is 0 Å². The third kappa shape index (κ3) is 4.86. The van der Waals surface area contributed by atoms with Gasteiger partial charge in [-0.1, -0.05) is 30.3 Å². The first kappa shape index (κ1) is 16.5. The Kier molecular flexibility index (Phi) is 5.98. The lowest BCUT2D eigenvalue weighted by Gasteiger charge is -2.13. The quantitative estimate of drug-likeness (QED) is 0.852. The molecule has 0 aromatic heterocycles. The average Bonchev–Trinajstić information content (AvgIpc) is 2.52. The molecule has 4 nitrogen and oxygen atoms in total. The van der Waals surface area contributed by atoms with Gasteiger partial charge in [0, 0.05) is 6.26 Å². The van der Waals surface area contributed by atoms with E-state index < -0.39 is 16.9 Å². The molecule has 0 amide bonds. The lowest BCUT2D eigenvalue weighted by atomic mass is 10.2. The van der Waals surface area contributed by atoms with Gasteiger partial charge in [0.25, 0.3) is 0 Å². The molecule has 0 fully saturated rings. The Morgan fingerprint density at radius 1 is 1.14 bits per heavy atom. The number of hydrogen-bond donors (Lipinski definition) is 1. The standard InChI is InChI=1S/C17H20O4S/c1-13(18)11-20-15-8-9-16(17(10-15)22(2)19)21-12-14-6-4-3-5-7-14/h3-10,13,18H,11-12H2,1-2H3. The SMILES string of the molecule is CC(O)COc1ccc(OCc2ccccc2)c(S(C)=O)c1. The van der Waals surface area contributed by atoms with Crippen LogP contribution in [0.25, 0.3) is 0 Å². The summed E-state index contributed by atoms with van der Waals surface area (Å²) in [6.45, 7) is 2.26. The Morgan fingerprint density at radius 3 is 2.50 bits per heavy atom. The van der Waals surface area contributed by atoms with Crippen LogP contribution in [-0.4, -0.2) is 28.3 Å². The number of hydrogen-bond acceptors (Lipinski definition) is 4. The Morgan fingerprint density at radius 2 is 1.86 bits per heavy atom. The first-order chi connectivity index (χ1) is 10.6. The van der Waals surface area contributed by atoms with Gasteiger partial charge in [-0.3, -0.25) is 4.21 Å². The summed E-state index contributed by atoms with van der Waals surface area (Å²) in [6.07, 6.45) is 1.05. The van der Waals surface area contributed by atoms with Crippen LogP contribution in [0.4, 0.5) is 0 Å². The number of rotatable bonds is 7. The summed E-state index contributed by atoms with van der Waals surface area (Å²) in [6, 6.07) is 15.0. The Bertz CT molecular complexity index is 626. The Balaban J connectivity index is 2.11. The van der Waals surface area contributed by atoms with Crippen molar-refractivity contribution in [3.8, 4) is 11.5 Å². The molecule has 0 spiro atoms. The summed E-state index contributed by atoms with van der Waals surface area (Å²) in [5, 5.41) is 9.25. The molecule has 0 aliphatic heterocycles. The fraction of sp³-hybridized carbons (Fsp3) is 0.294. The third-order valence-electron chi connectivity index (χ3n) is 2.95. The first-order valence-corrected chi connectivity index (χ1v) is 8.57. The van der Waals surface area contributed by atoms with Crippen LogP contribution in [0.3, 0.4) is 0 Å². The van der Waals surface area contributed by atoms with E-state index in [1.54, 1.807) is 31.4 Å². The summed E-state index contributed by atoms with van der Waals surface area (Å²) < 4.78 is 23.1. The zero-order valence-electron chi connectivity index (χ0n) is 12.7. The second-order valence-corrected chi connectivity index (χ2v) is 6.35. The Labute approximate surface area is 133 Å². The van der Waals surface area contributed by atoms with Gasteiger partial charge < -0.3 is 14.6 Å². The minimum Gasteiger partial charge on any atom is -0.491 e. The smallest absolute Gasteiger partial charge is 0.136 e. The van der Waals surface area contributed by atoms with Crippen LogP contribution in [0, 0.1) is 0 Å². The fourth-order valence-electron chi connectivity index (χ4n) is 1.87. The first-order valence-electron chi connectivity index (χ1n) is 7.01. The van der Waals surface area contributed by atoms with Crippen LogP contribution in [0.15, 0.2) is 53.4 Å². The minimum absolute atomic E-state index is 0.194. The summed E-state index contributed by atoms with van der Waals surface area (Å²) in [5.41, 5.74) is 1.05. The van der Waals surface area contributed by atoms with Crippen molar-refractivity contribution in [2.24, 2.45) is 0 Å². The Hall–Kier alpha value is -1.85. The molecule has 0 aliphatic carbocycles. The van der Waals surface area contributed by atoms with Crippen LogP contribution in [0.5, 0.6) is 11.5 Å². The molecule has 2 unspecified atom stereocenters. The van der Waals surface area contributed by atoms with Gasteiger partial charge >= 0.3 is 0 Å². The zero-order valence-corrected chi connectivity index (χ0v) is 13.5. The lowest BCUT2D eigenvalue weighted by molar-refractivity contribution is 0.122. The second kappa shape index (κ2) is 7.96. The maximum Gasteiger partial charge on any atom is 0.136 e. The molecule has 0 saturated heterocycles. The number of benzene rings is 2. The molecule has 2 atom stereocenters. The van der Waals surface area contributed by atoms with Crippen molar-refractivity contribution in [2.45, 2.75) is 24.5 Å². The van der Waals surface area contributed by atoms with Gasteiger partial charge in [0.15, 0.2) is 0 Å². The summed E-state index contributed by atoms with van der Waals surface area (Å²) >= 11 is 0. The van der Waals surface area contributed by atoms with Crippen molar-refractivity contribution in [3.63, 3.8) is 0 Å². The largest absolute Gasteiger partial charge is 0.491 e. The van der Waals surface area contributed by atoms with Gasteiger partial charge in [-0.25, -0.2) is 0 Å². The van der Waals surface area contributed by atoms with E-state index in [0.29, 0.717) is 23.0 Å². The van der Waals surface area contributed by atoms with E-state index in [4.69, 9.17) is 9.47 Å².